The van der Waals surface area contributed by atoms with Crippen molar-refractivity contribution in [2.24, 2.45) is 0 Å². The van der Waals surface area contributed by atoms with E-state index in [1.807, 2.05) is 21.1 Å². The Morgan fingerprint density at radius 3 is 1.04 bits per heavy atom. The summed E-state index contributed by atoms with van der Waals surface area (Å²) in [6.07, 6.45) is 88.9. The maximum Gasteiger partial charge on any atom is 0.306 e. The number of unbranched alkanes of at least 4 members (excludes halogenated alkanes) is 15. The van der Waals surface area contributed by atoms with Crippen molar-refractivity contribution in [1.82, 2.24) is 0 Å². The summed E-state index contributed by atoms with van der Waals surface area (Å²) in [6, 6.07) is 0. The lowest BCUT2D eigenvalue weighted by molar-refractivity contribution is -0.870. The third-order valence-corrected chi connectivity index (χ3v) is 13.5. The minimum Gasteiger partial charge on any atom is -0.756 e. The first-order valence-electron chi connectivity index (χ1n) is 31.2. The Morgan fingerprint density at radius 1 is 0.388 bits per heavy atom. The minimum atomic E-state index is -4.66. The highest BCUT2D eigenvalue weighted by atomic mass is 31.2. The van der Waals surface area contributed by atoms with E-state index in [4.69, 9.17) is 18.5 Å². The van der Waals surface area contributed by atoms with Crippen LogP contribution in [0, 0.1) is 0 Å². The molecular weight excluding hydrogens is 1010 g/mol. The summed E-state index contributed by atoms with van der Waals surface area (Å²) in [5, 5.41) is 0. The largest absolute Gasteiger partial charge is 0.756 e. The van der Waals surface area contributed by atoms with Gasteiger partial charge in [0.1, 0.15) is 19.8 Å². The number of phosphoric ester groups is 1. The van der Waals surface area contributed by atoms with Gasteiger partial charge in [-0.2, -0.15) is 0 Å². The number of quaternary nitrogens is 1. The number of phosphoric acid groups is 1. The van der Waals surface area contributed by atoms with Gasteiger partial charge in [0, 0.05) is 12.8 Å². The Labute approximate surface area is 490 Å². The van der Waals surface area contributed by atoms with Gasteiger partial charge in [0.2, 0.25) is 0 Å². The summed E-state index contributed by atoms with van der Waals surface area (Å²) in [4.78, 5) is 37.9. The van der Waals surface area contributed by atoms with E-state index in [-0.39, 0.29) is 26.1 Å². The van der Waals surface area contributed by atoms with E-state index in [9.17, 15) is 19.0 Å². The van der Waals surface area contributed by atoms with Crippen molar-refractivity contribution < 1.29 is 42.1 Å². The van der Waals surface area contributed by atoms with Crippen molar-refractivity contribution >= 4 is 19.8 Å². The van der Waals surface area contributed by atoms with Gasteiger partial charge in [-0.1, -0.05) is 249 Å². The average molecular weight is 1130 g/mol. The molecule has 0 saturated heterocycles. The van der Waals surface area contributed by atoms with Crippen molar-refractivity contribution in [1.29, 1.82) is 0 Å². The van der Waals surface area contributed by atoms with Crippen LogP contribution in [-0.2, 0) is 32.7 Å². The summed E-state index contributed by atoms with van der Waals surface area (Å²) >= 11 is 0. The van der Waals surface area contributed by atoms with Crippen LogP contribution in [0.4, 0.5) is 0 Å². The van der Waals surface area contributed by atoms with Gasteiger partial charge in [-0.05, 0) is 116 Å². The molecule has 0 aromatic heterocycles. The first-order chi connectivity index (χ1) is 39.0. The molecule has 0 rings (SSSR count). The molecule has 0 aromatic carbocycles. The number of esters is 2. The summed E-state index contributed by atoms with van der Waals surface area (Å²) in [5.74, 6) is -0.912. The van der Waals surface area contributed by atoms with E-state index in [1.165, 1.54) is 70.6 Å². The predicted octanol–water partition coefficient (Wildman–Crippen LogP) is 19.4. The predicted molar refractivity (Wildman–Crippen MR) is 341 cm³/mol. The van der Waals surface area contributed by atoms with Gasteiger partial charge in [-0.3, -0.25) is 14.2 Å². The molecule has 0 aliphatic carbocycles. The molecule has 10 heteroatoms. The number of hydrogen-bond donors (Lipinski definition) is 0. The van der Waals surface area contributed by atoms with Crippen LogP contribution in [0.15, 0.2) is 158 Å². The molecule has 80 heavy (non-hydrogen) atoms. The van der Waals surface area contributed by atoms with Crippen LogP contribution < -0.4 is 4.89 Å². The van der Waals surface area contributed by atoms with Gasteiger partial charge in [-0.25, -0.2) is 0 Å². The number of ether oxygens (including phenoxy) is 2. The fraction of sp³-hybridized carbons (Fsp3) is 0.600. The number of carbonyl (C=O) groups is 2. The Balaban J connectivity index is 4.11. The molecule has 0 aliphatic heterocycles. The maximum atomic E-state index is 12.8. The molecule has 0 aliphatic rings. The van der Waals surface area contributed by atoms with E-state index in [0.717, 1.165) is 109 Å². The van der Waals surface area contributed by atoms with Crippen LogP contribution in [0.5, 0.6) is 0 Å². The van der Waals surface area contributed by atoms with Gasteiger partial charge >= 0.3 is 11.9 Å². The molecular formula is C70H114NO8P. The van der Waals surface area contributed by atoms with E-state index in [0.29, 0.717) is 23.9 Å². The molecule has 2 unspecified atom stereocenters. The van der Waals surface area contributed by atoms with Gasteiger partial charge in [0.25, 0.3) is 7.82 Å². The lowest BCUT2D eigenvalue weighted by atomic mass is 10.0. The lowest BCUT2D eigenvalue weighted by Gasteiger charge is -2.28. The Bertz CT molecular complexity index is 1900. The van der Waals surface area contributed by atoms with Crippen molar-refractivity contribution in [2.75, 3.05) is 47.5 Å². The van der Waals surface area contributed by atoms with Gasteiger partial charge in [0.15, 0.2) is 6.10 Å². The zero-order chi connectivity index (χ0) is 58.4. The zero-order valence-corrected chi connectivity index (χ0v) is 52.1. The second-order valence-corrected chi connectivity index (χ2v) is 22.7. The van der Waals surface area contributed by atoms with Crippen molar-refractivity contribution in [3.8, 4) is 0 Å². The number of rotatable bonds is 55. The second-order valence-electron chi connectivity index (χ2n) is 21.3. The normalized spacial score (nSPS) is 14.3. The molecule has 9 nitrogen and oxygen atoms in total. The summed E-state index contributed by atoms with van der Waals surface area (Å²) < 4.78 is 34.1. The number of hydrogen-bond acceptors (Lipinski definition) is 8. The van der Waals surface area contributed by atoms with Crippen molar-refractivity contribution in [3.05, 3.63) is 158 Å². The Morgan fingerprint density at radius 2 is 0.688 bits per heavy atom. The van der Waals surface area contributed by atoms with Gasteiger partial charge < -0.3 is 27.9 Å². The lowest BCUT2D eigenvalue weighted by Crippen LogP contribution is -2.37. The fourth-order valence-corrected chi connectivity index (χ4v) is 8.55. The SMILES string of the molecule is CC/C=C\C/C=C\C/C=C\C/C=C\C/C=C\C/C=C\C/C=C\C/C=C\CCCCCCCCCCCCCCCCC(=O)OC(COC(=O)CCC/C=C\C/C=C\C/C=C\C/C=C\C/C=C\CC)COP(=O)([O-])OCC[N+](C)(C)C. The van der Waals surface area contributed by atoms with Gasteiger partial charge in [0.05, 0.1) is 27.7 Å². The van der Waals surface area contributed by atoms with Crippen LogP contribution in [0.1, 0.15) is 219 Å². The highest BCUT2D eigenvalue weighted by molar-refractivity contribution is 7.45. The molecule has 0 amide bonds. The second kappa shape index (κ2) is 59.3. The first kappa shape index (κ1) is 75.6. The molecule has 0 spiro atoms. The molecule has 452 valence electrons. The molecule has 0 fully saturated rings. The Hall–Kier alpha value is -4.37. The number of nitrogens with zero attached hydrogens (tertiary/aromatic N) is 1. The monoisotopic (exact) mass is 1130 g/mol. The molecule has 0 bridgehead atoms. The quantitative estimate of drug-likeness (QED) is 0.0195. The highest BCUT2D eigenvalue weighted by Gasteiger charge is 2.21. The summed E-state index contributed by atoms with van der Waals surface area (Å²) in [7, 11) is 1.12. The Kier molecular flexibility index (Phi) is 56.0. The molecule has 0 saturated carbocycles. The van der Waals surface area contributed by atoms with E-state index < -0.39 is 32.5 Å². The molecule has 0 N–H and O–H groups in total. The third-order valence-electron chi connectivity index (χ3n) is 12.5. The number of likely N-dealkylation sites (N-methyl/N-ethyl adjacent to an activating group) is 1. The summed E-state index contributed by atoms with van der Waals surface area (Å²) in [6.45, 7) is 3.92. The first-order valence-corrected chi connectivity index (χ1v) is 32.7. The minimum absolute atomic E-state index is 0.0472. The molecule has 2 atom stereocenters. The smallest absolute Gasteiger partial charge is 0.306 e. The van der Waals surface area contributed by atoms with Crippen LogP contribution in [0.3, 0.4) is 0 Å². The number of allylic oxidation sites excluding steroid dienone is 26. The van der Waals surface area contributed by atoms with Crippen molar-refractivity contribution in [2.45, 2.75) is 225 Å². The third kappa shape index (κ3) is 62.8. The maximum absolute atomic E-state index is 12.8. The van der Waals surface area contributed by atoms with Crippen LogP contribution in [0.25, 0.3) is 0 Å². The van der Waals surface area contributed by atoms with Crippen LogP contribution >= 0.6 is 7.82 Å². The van der Waals surface area contributed by atoms with E-state index in [1.54, 1.807) is 0 Å². The van der Waals surface area contributed by atoms with Crippen LogP contribution in [-0.4, -0.2) is 70.0 Å². The van der Waals surface area contributed by atoms with Crippen molar-refractivity contribution in [3.63, 3.8) is 0 Å². The topological polar surface area (TPSA) is 111 Å². The average Bonchev–Trinajstić information content (AvgIpc) is 3.42. The van der Waals surface area contributed by atoms with Gasteiger partial charge in [-0.15, -0.1) is 0 Å². The van der Waals surface area contributed by atoms with E-state index >= 15 is 0 Å². The van der Waals surface area contributed by atoms with E-state index in [2.05, 4.69) is 172 Å². The number of carbonyl (C=O) groups excluding carboxylic acids is 2. The standard InChI is InChI=1S/C70H114NO8P/c1-6-8-10-12-14-16-18-20-22-24-25-26-27-28-29-30-31-32-33-34-35-36-37-38-39-40-41-42-43-44-45-47-49-51-53-55-57-59-61-63-70(73)79-68(67-78-80(74,75)77-65-64-71(3,4)5)66-76-69(72)62-60-58-56-54-52-50-48-46-23-21-19-17-15-13-11-9-7-2/h8-11,14-17,20-23,25-26,28-29,31-32,34-35,37-38,48,50,54,56,68H,6-7,12-13,18-19,24,27,30,33,36,39-47,49,51-53,55,57-67H2,1-5H3/b10-8-,11-9-,16-14-,17-15-,22-20-,23-21-,26-25-,29-28-,32-31-,35-34-,38-37-,50-48-,56-54-. The zero-order valence-electron chi connectivity index (χ0n) is 51.2. The fourth-order valence-electron chi connectivity index (χ4n) is 7.82. The molecule has 0 heterocycles. The molecule has 0 aromatic rings. The summed E-state index contributed by atoms with van der Waals surface area (Å²) in [5.41, 5.74) is 0. The highest BCUT2D eigenvalue weighted by Crippen LogP contribution is 2.38. The molecule has 0 radical (unpaired) electrons. The van der Waals surface area contributed by atoms with Crippen LogP contribution in [0.2, 0.25) is 0 Å².